The van der Waals surface area contributed by atoms with Crippen molar-refractivity contribution in [2.45, 2.75) is 13.5 Å². The fraction of sp³-hybridized carbons (Fsp3) is 0.188. The SMILES string of the molecule is CCOc1cc(C(=O)O)cc(OCc2ccccc2)c1F. The van der Waals surface area contributed by atoms with Crippen molar-refractivity contribution in [3.05, 3.63) is 59.4 Å². The van der Waals surface area contributed by atoms with E-state index in [1.807, 2.05) is 30.3 Å². The van der Waals surface area contributed by atoms with Gasteiger partial charge in [-0.05, 0) is 24.6 Å². The van der Waals surface area contributed by atoms with Crippen LogP contribution in [0.5, 0.6) is 11.5 Å². The highest BCUT2D eigenvalue weighted by atomic mass is 19.1. The number of carboxylic acids is 1. The van der Waals surface area contributed by atoms with Gasteiger partial charge < -0.3 is 14.6 Å². The van der Waals surface area contributed by atoms with Gasteiger partial charge in [0.05, 0.1) is 12.2 Å². The summed E-state index contributed by atoms with van der Waals surface area (Å²) in [6.07, 6.45) is 0. The average molecular weight is 290 g/mol. The van der Waals surface area contributed by atoms with E-state index in [1.54, 1.807) is 6.92 Å². The van der Waals surface area contributed by atoms with Crippen LogP contribution >= 0.6 is 0 Å². The lowest BCUT2D eigenvalue weighted by Crippen LogP contribution is -2.04. The fourth-order valence-electron chi connectivity index (χ4n) is 1.80. The third-order valence-electron chi connectivity index (χ3n) is 2.79. The maximum absolute atomic E-state index is 14.2. The molecule has 0 saturated heterocycles. The van der Waals surface area contributed by atoms with Gasteiger partial charge in [0.15, 0.2) is 11.5 Å². The topological polar surface area (TPSA) is 55.8 Å². The Morgan fingerprint density at radius 1 is 1.14 bits per heavy atom. The van der Waals surface area contributed by atoms with E-state index >= 15 is 0 Å². The molecule has 0 fully saturated rings. The molecular weight excluding hydrogens is 275 g/mol. The van der Waals surface area contributed by atoms with Gasteiger partial charge in [0.25, 0.3) is 0 Å². The van der Waals surface area contributed by atoms with Gasteiger partial charge >= 0.3 is 5.97 Å². The Morgan fingerprint density at radius 2 is 1.76 bits per heavy atom. The lowest BCUT2D eigenvalue weighted by molar-refractivity contribution is 0.0695. The van der Waals surface area contributed by atoms with Gasteiger partial charge in [0, 0.05) is 0 Å². The summed E-state index contributed by atoms with van der Waals surface area (Å²) in [6, 6.07) is 11.5. The molecule has 21 heavy (non-hydrogen) atoms. The molecule has 0 amide bonds. The van der Waals surface area contributed by atoms with Crippen LogP contribution in [0.2, 0.25) is 0 Å². The molecule has 0 aromatic heterocycles. The molecule has 0 bridgehead atoms. The smallest absolute Gasteiger partial charge is 0.335 e. The Kier molecular flexibility index (Phi) is 4.77. The molecule has 0 radical (unpaired) electrons. The van der Waals surface area contributed by atoms with Crippen LogP contribution in [0, 0.1) is 5.82 Å². The van der Waals surface area contributed by atoms with Gasteiger partial charge in [-0.3, -0.25) is 0 Å². The Hall–Kier alpha value is -2.56. The van der Waals surface area contributed by atoms with Crippen LogP contribution in [-0.4, -0.2) is 17.7 Å². The van der Waals surface area contributed by atoms with Gasteiger partial charge in [-0.2, -0.15) is 4.39 Å². The third kappa shape index (κ3) is 3.72. The van der Waals surface area contributed by atoms with E-state index in [0.717, 1.165) is 17.7 Å². The molecule has 0 spiro atoms. The zero-order chi connectivity index (χ0) is 15.2. The van der Waals surface area contributed by atoms with Gasteiger partial charge in [0.2, 0.25) is 5.82 Å². The molecule has 1 N–H and O–H groups in total. The summed E-state index contributed by atoms with van der Waals surface area (Å²) in [5, 5.41) is 9.04. The molecule has 4 nitrogen and oxygen atoms in total. The molecule has 2 aromatic carbocycles. The van der Waals surface area contributed by atoms with Crippen molar-refractivity contribution in [1.29, 1.82) is 0 Å². The number of halogens is 1. The van der Waals surface area contributed by atoms with Crippen molar-refractivity contribution in [3.8, 4) is 11.5 Å². The second kappa shape index (κ2) is 6.74. The van der Waals surface area contributed by atoms with E-state index in [4.69, 9.17) is 14.6 Å². The predicted molar refractivity (Wildman–Crippen MR) is 75.3 cm³/mol. The van der Waals surface area contributed by atoms with Crippen LogP contribution < -0.4 is 9.47 Å². The predicted octanol–water partition coefficient (Wildman–Crippen LogP) is 3.50. The quantitative estimate of drug-likeness (QED) is 0.884. The number of benzene rings is 2. The number of ether oxygens (including phenoxy) is 2. The summed E-state index contributed by atoms with van der Waals surface area (Å²) < 4.78 is 24.6. The summed E-state index contributed by atoms with van der Waals surface area (Å²) >= 11 is 0. The highest BCUT2D eigenvalue weighted by molar-refractivity contribution is 5.88. The lowest BCUT2D eigenvalue weighted by Gasteiger charge is -2.12. The fourth-order valence-corrected chi connectivity index (χ4v) is 1.80. The second-order valence-corrected chi connectivity index (χ2v) is 4.30. The zero-order valence-electron chi connectivity index (χ0n) is 11.5. The molecule has 0 atom stereocenters. The summed E-state index contributed by atoms with van der Waals surface area (Å²) in [7, 11) is 0. The molecule has 2 aromatic rings. The zero-order valence-corrected chi connectivity index (χ0v) is 11.5. The van der Waals surface area contributed by atoms with Gasteiger partial charge in [-0.1, -0.05) is 30.3 Å². The van der Waals surface area contributed by atoms with Gasteiger partial charge in [0.1, 0.15) is 6.61 Å². The number of hydrogen-bond acceptors (Lipinski definition) is 3. The minimum Gasteiger partial charge on any atom is -0.491 e. The third-order valence-corrected chi connectivity index (χ3v) is 2.79. The van der Waals surface area contributed by atoms with Crippen molar-refractivity contribution in [3.63, 3.8) is 0 Å². The van der Waals surface area contributed by atoms with Crippen LogP contribution in [0.3, 0.4) is 0 Å². The molecule has 0 unspecified atom stereocenters. The molecule has 2 rings (SSSR count). The summed E-state index contributed by atoms with van der Waals surface area (Å²) in [6.45, 7) is 2.07. The van der Waals surface area contributed by atoms with E-state index < -0.39 is 11.8 Å². The van der Waals surface area contributed by atoms with Crippen molar-refractivity contribution >= 4 is 5.97 Å². The number of rotatable bonds is 6. The summed E-state index contributed by atoms with van der Waals surface area (Å²) in [5.41, 5.74) is 0.776. The molecule has 0 aliphatic heterocycles. The van der Waals surface area contributed by atoms with E-state index in [-0.39, 0.29) is 30.3 Å². The Balaban J connectivity index is 2.26. The molecular formula is C16H15FO4. The first kappa shape index (κ1) is 14.8. The van der Waals surface area contributed by atoms with Crippen LogP contribution in [0.4, 0.5) is 4.39 Å². The second-order valence-electron chi connectivity index (χ2n) is 4.30. The Bertz CT molecular complexity index is 626. The molecule has 0 aliphatic carbocycles. The van der Waals surface area contributed by atoms with Crippen molar-refractivity contribution in [2.75, 3.05) is 6.61 Å². The molecule has 0 aliphatic rings. The number of carboxylic acid groups (broad SMARTS) is 1. The molecule has 110 valence electrons. The molecule has 0 heterocycles. The van der Waals surface area contributed by atoms with Crippen molar-refractivity contribution in [1.82, 2.24) is 0 Å². The van der Waals surface area contributed by atoms with Crippen LogP contribution in [0.25, 0.3) is 0 Å². The number of hydrogen-bond donors (Lipinski definition) is 1. The normalized spacial score (nSPS) is 10.2. The van der Waals surface area contributed by atoms with Crippen molar-refractivity contribution < 1.29 is 23.8 Å². The minimum atomic E-state index is -1.17. The first-order valence-corrected chi connectivity index (χ1v) is 6.48. The maximum atomic E-state index is 14.2. The van der Waals surface area contributed by atoms with Crippen LogP contribution in [0.1, 0.15) is 22.8 Å². The first-order chi connectivity index (χ1) is 10.1. The standard InChI is InChI=1S/C16H15FO4/c1-2-20-13-8-12(16(18)19)9-14(15(13)17)21-10-11-6-4-3-5-7-11/h3-9H,2,10H2,1H3,(H,18,19). The Morgan fingerprint density at radius 3 is 2.33 bits per heavy atom. The van der Waals surface area contributed by atoms with Crippen LogP contribution in [-0.2, 0) is 6.61 Å². The largest absolute Gasteiger partial charge is 0.491 e. The lowest BCUT2D eigenvalue weighted by atomic mass is 10.2. The molecule has 0 saturated carbocycles. The number of carbonyl (C=O) groups is 1. The van der Waals surface area contributed by atoms with E-state index in [1.165, 1.54) is 0 Å². The van der Waals surface area contributed by atoms with E-state index in [0.29, 0.717) is 0 Å². The average Bonchev–Trinajstić information content (AvgIpc) is 2.49. The minimum absolute atomic E-state index is 0.0806. The van der Waals surface area contributed by atoms with Gasteiger partial charge in [-0.25, -0.2) is 4.79 Å². The Labute approximate surface area is 121 Å². The monoisotopic (exact) mass is 290 g/mol. The first-order valence-electron chi connectivity index (χ1n) is 6.48. The summed E-state index contributed by atoms with van der Waals surface area (Å²) in [4.78, 5) is 11.1. The van der Waals surface area contributed by atoms with E-state index in [2.05, 4.69) is 0 Å². The highest BCUT2D eigenvalue weighted by Crippen LogP contribution is 2.29. The van der Waals surface area contributed by atoms with Crippen molar-refractivity contribution in [2.24, 2.45) is 0 Å². The maximum Gasteiger partial charge on any atom is 0.335 e. The highest BCUT2D eigenvalue weighted by Gasteiger charge is 2.16. The van der Waals surface area contributed by atoms with E-state index in [9.17, 15) is 9.18 Å². The van der Waals surface area contributed by atoms with Crippen LogP contribution in [0.15, 0.2) is 42.5 Å². The molecule has 5 heteroatoms. The number of aromatic carboxylic acids is 1. The summed E-state index contributed by atoms with van der Waals surface area (Å²) in [5.74, 6) is -2.12. The van der Waals surface area contributed by atoms with Gasteiger partial charge in [-0.15, -0.1) is 0 Å².